The monoisotopic (exact) mass is 387 g/mol. The number of rotatable bonds is 3. The standard InChI is InChI=1S/C18H14ClN3OS2/c19-13-8-5-12(6-9-13)17-21-22-18(25-17)24-15-10-7-11-3-1-2-4-14(11)20-16(15)23/h1-6,8-9,15H,7,10H2,(H,20,23)/t15-/m1/s1. The van der Waals surface area contributed by atoms with E-state index < -0.39 is 0 Å². The van der Waals surface area contributed by atoms with E-state index in [1.807, 2.05) is 42.5 Å². The highest BCUT2D eigenvalue weighted by atomic mass is 35.5. The molecule has 0 unspecified atom stereocenters. The number of para-hydroxylation sites is 1. The second-order valence-electron chi connectivity index (χ2n) is 5.67. The molecule has 126 valence electrons. The number of aromatic nitrogens is 2. The molecule has 0 bridgehead atoms. The van der Waals surface area contributed by atoms with Gasteiger partial charge in [-0.2, -0.15) is 0 Å². The van der Waals surface area contributed by atoms with Gasteiger partial charge in [-0.05, 0) is 36.6 Å². The van der Waals surface area contributed by atoms with E-state index in [4.69, 9.17) is 11.6 Å². The Morgan fingerprint density at radius 2 is 1.92 bits per heavy atom. The van der Waals surface area contributed by atoms with Gasteiger partial charge in [0.15, 0.2) is 4.34 Å². The number of carbonyl (C=O) groups is 1. The van der Waals surface area contributed by atoms with Gasteiger partial charge in [-0.1, -0.05) is 65.0 Å². The largest absolute Gasteiger partial charge is 0.325 e. The number of halogens is 1. The zero-order valence-electron chi connectivity index (χ0n) is 13.1. The number of anilines is 1. The van der Waals surface area contributed by atoms with Gasteiger partial charge in [0, 0.05) is 16.3 Å². The van der Waals surface area contributed by atoms with Crippen LogP contribution < -0.4 is 5.32 Å². The van der Waals surface area contributed by atoms with Crippen LogP contribution in [0.2, 0.25) is 5.02 Å². The molecule has 1 aliphatic rings. The Bertz CT molecular complexity index is 911. The lowest BCUT2D eigenvalue weighted by molar-refractivity contribution is -0.115. The first kappa shape index (κ1) is 16.6. The Balaban J connectivity index is 1.49. The Morgan fingerprint density at radius 3 is 2.76 bits per heavy atom. The van der Waals surface area contributed by atoms with Crippen molar-refractivity contribution in [3.8, 4) is 10.6 Å². The van der Waals surface area contributed by atoms with Gasteiger partial charge >= 0.3 is 0 Å². The molecule has 4 nitrogen and oxygen atoms in total. The van der Waals surface area contributed by atoms with Gasteiger partial charge in [0.05, 0.1) is 5.25 Å². The third-order valence-electron chi connectivity index (χ3n) is 3.98. The summed E-state index contributed by atoms with van der Waals surface area (Å²) in [6.45, 7) is 0. The summed E-state index contributed by atoms with van der Waals surface area (Å²) in [5.74, 6) is 0.0261. The number of hydrogen-bond acceptors (Lipinski definition) is 5. The number of aryl methyl sites for hydroxylation is 1. The zero-order valence-corrected chi connectivity index (χ0v) is 15.5. The Kier molecular flexibility index (Phi) is 4.74. The number of benzene rings is 2. The van der Waals surface area contributed by atoms with Gasteiger partial charge in [-0.25, -0.2) is 0 Å². The highest BCUT2D eigenvalue weighted by molar-refractivity contribution is 8.02. The van der Waals surface area contributed by atoms with Gasteiger partial charge in [0.2, 0.25) is 5.91 Å². The molecule has 1 aromatic heterocycles. The molecule has 1 N–H and O–H groups in total. The molecule has 1 aliphatic heterocycles. The predicted octanol–water partition coefficient (Wildman–Crippen LogP) is 4.90. The van der Waals surface area contributed by atoms with Gasteiger partial charge < -0.3 is 5.32 Å². The molecule has 0 spiro atoms. The van der Waals surface area contributed by atoms with Gasteiger partial charge in [0.25, 0.3) is 0 Å². The van der Waals surface area contributed by atoms with Crippen LogP contribution in [0.3, 0.4) is 0 Å². The van der Waals surface area contributed by atoms with Gasteiger partial charge in [0.1, 0.15) is 5.01 Å². The molecular weight excluding hydrogens is 374 g/mol. The molecule has 0 aliphatic carbocycles. The molecule has 2 aromatic carbocycles. The fraction of sp³-hybridized carbons (Fsp3) is 0.167. The van der Waals surface area contributed by atoms with Crippen LogP contribution in [-0.2, 0) is 11.2 Å². The van der Waals surface area contributed by atoms with Crippen molar-refractivity contribution in [3.05, 3.63) is 59.1 Å². The van der Waals surface area contributed by atoms with Crippen molar-refractivity contribution >= 4 is 46.3 Å². The fourth-order valence-electron chi connectivity index (χ4n) is 2.69. The van der Waals surface area contributed by atoms with Crippen molar-refractivity contribution in [2.45, 2.75) is 22.4 Å². The second kappa shape index (κ2) is 7.15. The maximum absolute atomic E-state index is 12.5. The molecule has 0 fully saturated rings. The van der Waals surface area contributed by atoms with E-state index in [0.29, 0.717) is 5.02 Å². The normalized spacial score (nSPS) is 16.8. The number of thioether (sulfide) groups is 1. The number of carbonyl (C=O) groups excluding carboxylic acids is 1. The number of fused-ring (bicyclic) bond motifs is 1. The summed E-state index contributed by atoms with van der Waals surface area (Å²) in [7, 11) is 0. The van der Waals surface area contributed by atoms with E-state index in [1.165, 1.54) is 28.7 Å². The zero-order chi connectivity index (χ0) is 17.2. The molecule has 2 heterocycles. The highest BCUT2D eigenvalue weighted by Crippen LogP contribution is 2.35. The molecule has 0 radical (unpaired) electrons. The van der Waals surface area contributed by atoms with E-state index >= 15 is 0 Å². The van der Waals surface area contributed by atoms with E-state index in [0.717, 1.165) is 33.4 Å². The SMILES string of the molecule is O=C1Nc2ccccc2CC[C@H]1Sc1nnc(-c2ccc(Cl)cc2)s1. The molecule has 1 atom stereocenters. The van der Waals surface area contributed by atoms with Crippen LogP contribution in [0.4, 0.5) is 5.69 Å². The van der Waals surface area contributed by atoms with Crippen LogP contribution in [0.5, 0.6) is 0 Å². The minimum absolute atomic E-state index is 0.0261. The van der Waals surface area contributed by atoms with Crippen LogP contribution in [0.1, 0.15) is 12.0 Å². The molecule has 0 saturated heterocycles. The maximum atomic E-state index is 12.5. The quantitative estimate of drug-likeness (QED) is 0.694. The Hall–Kier alpha value is -1.89. The molecule has 1 amide bonds. The summed E-state index contributed by atoms with van der Waals surface area (Å²) in [5, 5.41) is 12.9. The van der Waals surface area contributed by atoms with E-state index in [-0.39, 0.29) is 11.2 Å². The van der Waals surface area contributed by atoms with Crippen molar-refractivity contribution < 1.29 is 4.79 Å². The summed E-state index contributed by atoms with van der Waals surface area (Å²) in [6.07, 6.45) is 1.65. The van der Waals surface area contributed by atoms with Crippen molar-refractivity contribution in [2.75, 3.05) is 5.32 Å². The summed E-state index contributed by atoms with van der Waals surface area (Å²) in [6, 6.07) is 15.5. The minimum atomic E-state index is -0.168. The number of amides is 1. The Morgan fingerprint density at radius 1 is 1.12 bits per heavy atom. The Labute approximate surface area is 158 Å². The first-order chi connectivity index (χ1) is 12.2. The molecule has 0 saturated carbocycles. The van der Waals surface area contributed by atoms with E-state index in [2.05, 4.69) is 21.6 Å². The maximum Gasteiger partial charge on any atom is 0.237 e. The van der Waals surface area contributed by atoms with Gasteiger partial charge in [-0.3, -0.25) is 4.79 Å². The molecule has 4 rings (SSSR count). The first-order valence-electron chi connectivity index (χ1n) is 7.84. The van der Waals surface area contributed by atoms with Gasteiger partial charge in [-0.15, -0.1) is 10.2 Å². The second-order valence-corrected chi connectivity index (χ2v) is 8.54. The minimum Gasteiger partial charge on any atom is -0.325 e. The van der Waals surface area contributed by atoms with Crippen LogP contribution in [0.25, 0.3) is 10.6 Å². The molecule has 3 aromatic rings. The van der Waals surface area contributed by atoms with Crippen molar-refractivity contribution in [1.82, 2.24) is 10.2 Å². The average molecular weight is 388 g/mol. The smallest absolute Gasteiger partial charge is 0.237 e. The number of hydrogen-bond donors (Lipinski definition) is 1. The third kappa shape index (κ3) is 3.71. The van der Waals surface area contributed by atoms with E-state index in [9.17, 15) is 4.79 Å². The lowest BCUT2D eigenvalue weighted by Crippen LogP contribution is -2.23. The van der Waals surface area contributed by atoms with Crippen LogP contribution in [0, 0.1) is 0 Å². The lowest BCUT2D eigenvalue weighted by Gasteiger charge is -2.10. The highest BCUT2D eigenvalue weighted by Gasteiger charge is 2.25. The number of nitrogens with zero attached hydrogens (tertiary/aromatic N) is 2. The van der Waals surface area contributed by atoms with Crippen LogP contribution in [0.15, 0.2) is 52.9 Å². The van der Waals surface area contributed by atoms with Crippen molar-refractivity contribution in [2.24, 2.45) is 0 Å². The molecule has 25 heavy (non-hydrogen) atoms. The summed E-state index contributed by atoms with van der Waals surface area (Å²) < 4.78 is 0.802. The summed E-state index contributed by atoms with van der Waals surface area (Å²) in [5.41, 5.74) is 3.07. The third-order valence-corrected chi connectivity index (χ3v) is 6.56. The number of nitrogens with one attached hydrogen (secondary N) is 1. The van der Waals surface area contributed by atoms with Crippen LogP contribution >= 0.6 is 34.7 Å². The average Bonchev–Trinajstić information content (AvgIpc) is 3.02. The predicted molar refractivity (Wildman–Crippen MR) is 103 cm³/mol. The van der Waals surface area contributed by atoms with Crippen molar-refractivity contribution in [3.63, 3.8) is 0 Å². The summed E-state index contributed by atoms with van der Waals surface area (Å²) >= 11 is 8.90. The van der Waals surface area contributed by atoms with Crippen molar-refractivity contribution in [1.29, 1.82) is 0 Å². The lowest BCUT2D eigenvalue weighted by atomic mass is 10.1. The topological polar surface area (TPSA) is 54.9 Å². The first-order valence-corrected chi connectivity index (χ1v) is 9.91. The fourth-order valence-corrected chi connectivity index (χ4v) is 4.91. The van der Waals surface area contributed by atoms with E-state index in [1.54, 1.807) is 0 Å². The summed E-state index contributed by atoms with van der Waals surface area (Å²) in [4.78, 5) is 12.5. The molecular formula is C18H14ClN3OS2. The van der Waals surface area contributed by atoms with Crippen LogP contribution in [-0.4, -0.2) is 21.4 Å². The molecule has 7 heteroatoms.